The van der Waals surface area contributed by atoms with Gasteiger partial charge in [0, 0.05) is 24.7 Å². The maximum Gasteiger partial charge on any atom is 0.280 e. The van der Waals surface area contributed by atoms with E-state index in [1.807, 2.05) is 6.92 Å². The van der Waals surface area contributed by atoms with Gasteiger partial charge in [-0.2, -0.15) is 17.4 Å². The molecule has 2 aliphatic carbocycles. The van der Waals surface area contributed by atoms with Crippen LogP contribution in [0.3, 0.4) is 0 Å². The first kappa shape index (κ1) is 16.2. The number of nitrogens with two attached hydrogens (primary N) is 1. The first-order valence-electron chi connectivity index (χ1n) is 7.93. The normalized spacial score (nSPS) is 31.7. The van der Waals surface area contributed by atoms with Crippen LogP contribution in [0.4, 0.5) is 0 Å². The summed E-state index contributed by atoms with van der Waals surface area (Å²) in [6.07, 6.45) is 6.77. The van der Waals surface area contributed by atoms with Crippen LogP contribution in [0.2, 0.25) is 0 Å². The lowest BCUT2D eigenvalue weighted by atomic mass is 9.76. The number of rotatable bonds is 7. The van der Waals surface area contributed by atoms with Gasteiger partial charge in [-0.25, -0.2) is 0 Å². The summed E-state index contributed by atoms with van der Waals surface area (Å²) in [5.41, 5.74) is 5.66. The van der Waals surface area contributed by atoms with E-state index in [2.05, 4.69) is 11.6 Å². The minimum atomic E-state index is -3.41. The highest BCUT2D eigenvalue weighted by molar-refractivity contribution is 7.87. The van der Waals surface area contributed by atoms with Crippen molar-refractivity contribution in [2.75, 3.05) is 13.1 Å². The van der Waals surface area contributed by atoms with E-state index in [1.54, 1.807) is 4.31 Å². The molecule has 0 amide bonds. The molecule has 0 radical (unpaired) electrons. The first-order chi connectivity index (χ1) is 9.43. The molecule has 20 heavy (non-hydrogen) atoms. The third-order valence-corrected chi connectivity index (χ3v) is 6.37. The van der Waals surface area contributed by atoms with Gasteiger partial charge >= 0.3 is 0 Å². The number of nitrogens with zero attached hydrogens (tertiary/aromatic N) is 1. The van der Waals surface area contributed by atoms with Gasteiger partial charge in [-0.15, -0.1) is 0 Å². The van der Waals surface area contributed by atoms with Crippen LogP contribution in [0.25, 0.3) is 0 Å². The Labute approximate surface area is 123 Å². The van der Waals surface area contributed by atoms with Crippen molar-refractivity contribution in [3.8, 4) is 0 Å². The van der Waals surface area contributed by atoms with E-state index >= 15 is 0 Å². The van der Waals surface area contributed by atoms with Gasteiger partial charge in [-0.3, -0.25) is 0 Å². The molecular formula is C14H29N3O2S. The second-order valence-electron chi connectivity index (χ2n) is 6.60. The van der Waals surface area contributed by atoms with Crippen molar-refractivity contribution in [2.45, 2.75) is 70.4 Å². The van der Waals surface area contributed by atoms with Gasteiger partial charge in [0.25, 0.3) is 10.2 Å². The van der Waals surface area contributed by atoms with E-state index in [0.717, 1.165) is 38.5 Å². The van der Waals surface area contributed by atoms with Crippen LogP contribution in [0, 0.1) is 5.92 Å². The lowest BCUT2D eigenvalue weighted by molar-refractivity contribution is 0.107. The van der Waals surface area contributed by atoms with Gasteiger partial charge in [-0.1, -0.05) is 26.7 Å². The molecule has 2 unspecified atom stereocenters. The molecule has 2 aliphatic rings. The van der Waals surface area contributed by atoms with Crippen LogP contribution in [-0.4, -0.2) is 37.4 Å². The number of hydrogen-bond donors (Lipinski definition) is 2. The fourth-order valence-electron chi connectivity index (χ4n) is 3.44. The second kappa shape index (κ2) is 6.30. The standard InChI is InChI=1S/C14H29N3O2S/c1-3-9-17(20(18,19)16-13-6-7-13)14(11-15)8-4-5-12(2)10-14/h12-13,16H,3-11,15H2,1-2H3. The van der Waals surface area contributed by atoms with E-state index in [1.165, 1.54) is 6.42 Å². The van der Waals surface area contributed by atoms with Gasteiger partial charge in [0.1, 0.15) is 0 Å². The topological polar surface area (TPSA) is 75.4 Å². The average molecular weight is 303 g/mol. The lowest BCUT2D eigenvalue weighted by Gasteiger charge is -2.46. The molecule has 2 saturated carbocycles. The Morgan fingerprint density at radius 1 is 1.35 bits per heavy atom. The molecule has 5 nitrogen and oxygen atoms in total. The van der Waals surface area contributed by atoms with Gasteiger partial charge in [-0.05, 0) is 38.0 Å². The van der Waals surface area contributed by atoms with Crippen LogP contribution in [0.15, 0.2) is 0 Å². The van der Waals surface area contributed by atoms with Crippen LogP contribution in [0.5, 0.6) is 0 Å². The smallest absolute Gasteiger partial charge is 0.280 e. The monoisotopic (exact) mass is 303 g/mol. The number of hydrogen-bond acceptors (Lipinski definition) is 3. The molecule has 118 valence electrons. The average Bonchev–Trinajstić information content (AvgIpc) is 3.18. The van der Waals surface area contributed by atoms with E-state index in [4.69, 9.17) is 5.73 Å². The van der Waals surface area contributed by atoms with Crippen LogP contribution >= 0.6 is 0 Å². The fourth-order valence-corrected chi connectivity index (χ4v) is 5.39. The fraction of sp³-hybridized carbons (Fsp3) is 1.00. The highest BCUT2D eigenvalue weighted by Gasteiger charge is 2.45. The largest absolute Gasteiger partial charge is 0.329 e. The Kier molecular flexibility index (Phi) is 5.10. The van der Waals surface area contributed by atoms with Crippen LogP contribution in [-0.2, 0) is 10.2 Å². The molecule has 0 aromatic rings. The van der Waals surface area contributed by atoms with Crippen molar-refractivity contribution >= 4 is 10.2 Å². The van der Waals surface area contributed by atoms with Crippen molar-refractivity contribution in [3.05, 3.63) is 0 Å². The summed E-state index contributed by atoms with van der Waals surface area (Å²) in [5.74, 6) is 0.544. The molecule has 0 bridgehead atoms. The Morgan fingerprint density at radius 3 is 2.55 bits per heavy atom. The molecule has 0 heterocycles. The minimum Gasteiger partial charge on any atom is -0.329 e. The predicted octanol–water partition coefficient (Wildman–Crippen LogP) is 1.60. The second-order valence-corrected chi connectivity index (χ2v) is 8.23. The van der Waals surface area contributed by atoms with E-state index in [-0.39, 0.29) is 11.6 Å². The Bertz CT molecular complexity index is 422. The van der Waals surface area contributed by atoms with E-state index in [9.17, 15) is 8.42 Å². The molecular weight excluding hydrogens is 274 g/mol. The zero-order valence-corrected chi connectivity index (χ0v) is 13.6. The third kappa shape index (κ3) is 3.53. The molecule has 3 N–H and O–H groups in total. The molecule has 0 spiro atoms. The SMILES string of the molecule is CCCN(C1(CN)CCCC(C)C1)S(=O)(=O)NC1CC1. The summed E-state index contributed by atoms with van der Waals surface area (Å²) < 4.78 is 29.9. The van der Waals surface area contributed by atoms with Crippen molar-refractivity contribution in [1.29, 1.82) is 0 Å². The number of nitrogens with one attached hydrogen (secondary N) is 1. The molecule has 0 aliphatic heterocycles. The molecule has 2 rings (SSSR count). The molecule has 2 fully saturated rings. The third-order valence-electron chi connectivity index (χ3n) is 4.59. The molecule has 0 aromatic carbocycles. The predicted molar refractivity (Wildman–Crippen MR) is 81.5 cm³/mol. The molecule has 0 aromatic heterocycles. The summed E-state index contributed by atoms with van der Waals surface area (Å²) >= 11 is 0. The highest BCUT2D eigenvalue weighted by Crippen LogP contribution is 2.38. The van der Waals surface area contributed by atoms with Gasteiger partial charge in [0.15, 0.2) is 0 Å². The summed E-state index contributed by atoms with van der Waals surface area (Å²) in [5, 5.41) is 0. The minimum absolute atomic E-state index is 0.148. The molecule has 0 saturated heterocycles. The Morgan fingerprint density at radius 2 is 2.05 bits per heavy atom. The van der Waals surface area contributed by atoms with E-state index < -0.39 is 10.2 Å². The van der Waals surface area contributed by atoms with Gasteiger partial charge in [0.2, 0.25) is 0 Å². The Balaban J connectivity index is 2.24. The van der Waals surface area contributed by atoms with Crippen LogP contribution in [0.1, 0.15) is 58.8 Å². The summed E-state index contributed by atoms with van der Waals surface area (Å²) in [6, 6.07) is 0.148. The van der Waals surface area contributed by atoms with Crippen molar-refractivity contribution in [1.82, 2.24) is 9.03 Å². The summed E-state index contributed by atoms with van der Waals surface area (Å²) in [7, 11) is -3.41. The quantitative estimate of drug-likeness (QED) is 0.750. The van der Waals surface area contributed by atoms with Crippen LogP contribution < -0.4 is 10.5 Å². The lowest BCUT2D eigenvalue weighted by Crippen LogP contribution is -2.61. The molecule has 6 heteroatoms. The molecule has 2 atom stereocenters. The zero-order valence-electron chi connectivity index (χ0n) is 12.8. The van der Waals surface area contributed by atoms with E-state index in [0.29, 0.717) is 19.0 Å². The van der Waals surface area contributed by atoms with Gasteiger partial charge in [0.05, 0.1) is 0 Å². The van der Waals surface area contributed by atoms with Crippen molar-refractivity contribution < 1.29 is 8.42 Å². The Hall–Kier alpha value is -0.170. The van der Waals surface area contributed by atoms with Crippen molar-refractivity contribution in [3.63, 3.8) is 0 Å². The van der Waals surface area contributed by atoms with Gasteiger partial charge < -0.3 is 5.73 Å². The summed E-state index contributed by atoms with van der Waals surface area (Å²) in [4.78, 5) is 0. The maximum absolute atomic E-state index is 12.7. The zero-order chi connectivity index (χ0) is 14.8. The first-order valence-corrected chi connectivity index (χ1v) is 9.37. The van der Waals surface area contributed by atoms with Crippen molar-refractivity contribution in [2.24, 2.45) is 11.7 Å². The maximum atomic E-state index is 12.7. The summed E-state index contributed by atoms with van der Waals surface area (Å²) in [6.45, 7) is 5.21. The highest BCUT2D eigenvalue weighted by atomic mass is 32.2.